The van der Waals surface area contributed by atoms with E-state index in [2.05, 4.69) is 66.3 Å². The number of rotatable bonds is 4. The van der Waals surface area contributed by atoms with Crippen LogP contribution in [0, 0.1) is 19.8 Å². The Morgan fingerprint density at radius 3 is 1.95 bits per heavy atom. The Bertz CT molecular complexity index is 493. The summed E-state index contributed by atoms with van der Waals surface area (Å²) >= 11 is 0. The van der Waals surface area contributed by atoms with Crippen molar-refractivity contribution in [2.75, 3.05) is 0 Å². The first-order valence-electron chi connectivity index (χ1n) is 8.43. The predicted molar refractivity (Wildman–Crippen MR) is 96.6 cm³/mol. The topological polar surface area (TPSA) is 0 Å². The highest BCUT2D eigenvalue weighted by Crippen LogP contribution is 2.42. The third-order valence-corrected chi connectivity index (χ3v) is 4.17. The molecule has 0 spiro atoms. The lowest BCUT2D eigenvalue weighted by atomic mass is 9.88. The van der Waals surface area contributed by atoms with Crippen LogP contribution in [0.25, 0.3) is 5.57 Å². The molecule has 1 saturated carbocycles. The van der Waals surface area contributed by atoms with Crippen molar-refractivity contribution in [1.29, 1.82) is 0 Å². The number of hydrogen-bond donors (Lipinski definition) is 0. The van der Waals surface area contributed by atoms with E-state index in [1.807, 2.05) is 0 Å². The third-order valence-electron chi connectivity index (χ3n) is 4.17. The monoisotopic (exact) mass is 284 g/mol. The van der Waals surface area contributed by atoms with E-state index in [0.717, 1.165) is 5.92 Å². The molecule has 2 rings (SSSR count). The van der Waals surface area contributed by atoms with Gasteiger partial charge in [-0.3, -0.25) is 0 Å². The minimum Gasteiger partial charge on any atom is -0.0909 e. The lowest BCUT2D eigenvalue weighted by Gasteiger charge is -2.17. The molecular weight excluding hydrogens is 252 g/mol. The van der Waals surface area contributed by atoms with Crippen LogP contribution in [0.4, 0.5) is 0 Å². The molecular formula is C21H32. The van der Waals surface area contributed by atoms with E-state index in [1.54, 1.807) is 5.57 Å². The fourth-order valence-corrected chi connectivity index (χ4v) is 2.96. The van der Waals surface area contributed by atoms with Crippen molar-refractivity contribution in [2.45, 2.75) is 67.2 Å². The maximum absolute atomic E-state index is 4.37. The number of allylic oxidation sites excluding steroid dienone is 3. The number of hydrogen-bond acceptors (Lipinski definition) is 0. The largest absolute Gasteiger partial charge is 0.0909 e. The molecule has 0 heterocycles. The molecule has 0 saturated heterocycles. The molecule has 0 unspecified atom stereocenters. The lowest BCUT2D eigenvalue weighted by Crippen LogP contribution is -1.97. The smallest absolute Gasteiger partial charge is 0.0129 e. The number of aryl methyl sites for hydroxylation is 2. The van der Waals surface area contributed by atoms with Crippen LogP contribution in [0.2, 0.25) is 0 Å². The molecule has 0 N–H and O–H groups in total. The van der Waals surface area contributed by atoms with Gasteiger partial charge in [0.1, 0.15) is 0 Å². The molecule has 0 amide bonds. The summed E-state index contributed by atoms with van der Waals surface area (Å²) in [6.45, 7) is 17.5. The highest BCUT2D eigenvalue weighted by Gasteiger charge is 2.27. The molecule has 21 heavy (non-hydrogen) atoms. The second-order valence-corrected chi connectivity index (χ2v) is 6.23. The summed E-state index contributed by atoms with van der Waals surface area (Å²) in [6, 6.07) is 6.50. The van der Waals surface area contributed by atoms with Crippen LogP contribution in [0.15, 0.2) is 35.9 Å². The Balaban J connectivity index is 0.000000677. The van der Waals surface area contributed by atoms with Gasteiger partial charge in [-0.15, -0.1) is 0 Å². The van der Waals surface area contributed by atoms with Gasteiger partial charge >= 0.3 is 0 Å². The summed E-state index contributed by atoms with van der Waals surface area (Å²) in [4.78, 5) is 0. The van der Waals surface area contributed by atoms with Crippen molar-refractivity contribution in [3.05, 3.63) is 52.6 Å². The summed E-state index contributed by atoms with van der Waals surface area (Å²) < 4.78 is 0. The number of benzene rings is 1. The summed E-state index contributed by atoms with van der Waals surface area (Å²) in [7, 11) is 0. The van der Waals surface area contributed by atoms with E-state index in [0.29, 0.717) is 0 Å². The average molecular weight is 284 g/mol. The van der Waals surface area contributed by atoms with Crippen LogP contribution in [0.3, 0.4) is 0 Å². The lowest BCUT2D eigenvalue weighted by molar-refractivity contribution is 0.896. The molecule has 1 aromatic rings. The van der Waals surface area contributed by atoms with Crippen molar-refractivity contribution < 1.29 is 0 Å². The summed E-state index contributed by atoms with van der Waals surface area (Å²) in [5.41, 5.74) is 8.31. The first-order valence-corrected chi connectivity index (χ1v) is 8.43. The summed E-state index contributed by atoms with van der Waals surface area (Å²) in [5.74, 6) is 0.844. The van der Waals surface area contributed by atoms with Crippen molar-refractivity contribution in [2.24, 2.45) is 5.92 Å². The normalized spacial score (nSPS) is 15.0. The van der Waals surface area contributed by atoms with Crippen molar-refractivity contribution in [1.82, 2.24) is 0 Å². The van der Waals surface area contributed by atoms with Crippen LogP contribution < -0.4 is 0 Å². The molecule has 1 aromatic carbocycles. The van der Waals surface area contributed by atoms with Gasteiger partial charge in [0.25, 0.3) is 0 Å². The fourth-order valence-electron chi connectivity index (χ4n) is 2.96. The SMILES string of the molecule is C=C(/C(C)=C(\CC)C1CC1)c1c(C)cccc1C.CCC. The fraction of sp³-hybridized carbons (Fsp3) is 0.524. The van der Waals surface area contributed by atoms with E-state index in [9.17, 15) is 0 Å². The Labute approximate surface area is 132 Å². The van der Waals surface area contributed by atoms with E-state index >= 15 is 0 Å². The quantitative estimate of drug-likeness (QED) is 0.529. The zero-order chi connectivity index (χ0) is 16.0. The Kier molecular flexibility index (Phi) is 6.95. The minimum atomic E-state index is 0.844. The highest BCUT2D eigenvalue weighted by molar-refractivity contribution is 5.81. The zero-order valence-electron chi connectivity index (χ0n) is 14.8. The molecule has 0 bridgehead atoms. The molecule has 0 aliphatic heterocycles. The van der Waals surface area contributed by atoms with Crippen molar-refractivity contribution in [3.63, 3.8) is 0 Å². The average Bonchev–Trinajstić information content (AvgIpc) is 3.24. The van der Waals surface area contributed by atoms with E-state index in [1.165, 1.54) is 53.5 Å². The molecule has 116 valence electrons. The Morgan fingerprint density at radius 2 is 1.57 bits per heavy atom. The molecule has 1 aliphatic carbocycles. The van der Waals surface area contributed by atoms with Gasteiger partial charge in [0.15, 0.2) is 0 Å². The van der Waals surface area contributed by atoms with Gasteiger partial charge in [0.05, 0.1) is 0 Å². The van der Waals surface area contributed by atoms with Gasteiger partial charge in [-0.2, -0.15) is 0 Å². The van der Waals surface area contributed by atoms with Gasteiger partial charge in [0, 0.05) is 0 Å². The first-order chi connectivity index (χ1) is 9.97. The molecule has 1 fully saturated rings. The van der Waals surface area contributed by atoms with Gasteiger partial charge in [-0.05, 0) is 73.8 Å². The van der Waals surface area contributed by atoms with Gasteiger partial charge in [-0.1, -0.05) is 57.5 Å². The van der Waals surface area contributed by atoms with Crippen LogP contribution in [0.1, 0.15) is 70.1 Å². The summed E-state index contributed by atoms with van der Waals surface area (Å²) in [6.07, 6.45) is 5.17. The van der Waals surface area contributed by atoms with Gasteiger partial charge in [0.2, 0.25) is 0 Å². The minimum absolute atomic E-state index is 0.844. The molecule has 0 aromatic heterocycles. The maximum atomic E-state index is 4.37. The van der Waals surface area contributed by atoms with Crippen molar-refractivity contribution >= 4 is 5.57 Å². The predicted octanol–water partition coefficient (Wildman–Crippen LogP) is 6.87. The van der Waals surface area contributed by atoms with Crippen LogP contribution in [-0.4, -0.2) is 0 Å². The van der Waals surface area contributed by atoms with Gasteiger partial charge in [-0.25, -0.2) is 0 Å². The molecule has 0 heteroatoms. The van der Waals surface area contributed by atoms with Crippen LogP contribution in [0.5, 0.6) is 0 Å². The first kappa shape index (κ1) is 17.8. The van der Waals surface area contributed by atoms with Crippen molar-refractivity contribution in [3.8, 4) is 0 Å². The second kappa shape index (κ2) is 8.22. The van der Waals surface area contributed by atoms with E-state index < -0.39 is 0 Å². The molecule has 0 nitrogen and oxygen atoms in total. The van der Waals surface area contributed by atoms with Crippen LogP contribution >= 0.6 is 0 Å². The maximum Gasteiger partial charge on any atom is -0.0129 e. The Morgan fingerprint density at radius 1 is 1.10 bits per heavy atom. The molecule has 0 radical (unpaired) electrons. The Hall–Kier alpha value is -1.30. The second-order valence-electron chi connectivity index (χ2n) is 6.23. The summed E-state index contributed by atoms with van der Waals surface area (Å²) in [5, 5.41) is 0. The van der Waals surface area contributed by atoms with E-state index in [-0.39, 0.29) is 0 Å². The molecule has 0 atom stereocenters. The van der Waals surface area contributed by atoms with Crippen LogP contribution in [-0.2, 0) is 0 Å². The standard InChI is InChI=1S/C18H24.C3H8/c1-6-17(16-10-11-16)14(4)15(5)18-12(2)8-7-9-13(18)3;1-3-2/h7-9,16H,5-6,10-11H2,1-4H3;3H2,1-2H3/b17-14+;. The van der Waals surface area contributed by atoms with Gasteiger partial charge < -0.3 is 0 Å². The highest BCUT2D eigenvalue weighted by atomic mass is 14.3. The zero-order valence-corrected chi connectivity index (χ0v) is 14.8. The van der Waals surface area contributed by atoms with E-state index in [4.69, 9.17) is 0 Å². The molecule has 1 aliphatic rings. The third kappa shape index (κ3) is 4.59.